The van der Waals surface area contributed by atoms with Crippen molar-refractivity contribution in [3.05, 3.63) is 24.3 Å². The van der Waals surface area contributed by atoms with Gasteiger partial charge in [0.15, 0.2) is 0 Å². The summed E-state index contributed by atoms with van der Waals surface area (Å²) in [6.07, 6.45) is 16.1. The lowest BCUT2D eigenvalue weighted by Crippen LogP contribution is -2.25. The molecule has 17 heavy (non-hydrogen) atoms. The van der Waals surface area contributed by atoms with Gasteiger partial charge < -0.3 is 4.74 Å². The number of rotatable bonds is 5. The number of hydrogen-bond acceptors (Lipinski definition) is 1. The molecule has 3 unspecified atom stereocenters. The zero-order chi connectivity index (χ0) is 12.1. The van der Waals surface area contributed by atoms with Gasteiger partial charge in [-0.05, 0) is 37.0 Å². The van der Waals surface area contributed by atoms with Crippen molar-refractivity contribution in [2.75, 3.05) is 6.61 Å². The minimum Gasteiger partial charge on any atom is -0.378 e. The Labute approximate surface area is 106 Å². The van der Waals surface area contributed by atoms with E-state index in [9.17, 15) is 0 Å². The molecule has 0 saturated carbocycles. The van der Waals surface area contributed by atoms with E-state index < -0.39 is 0 Å². The van der Waals surface area contributed by atoms with Gasteiger partial charge in [-0.25, -0.2) is 0 Å². The SMILES string of the molecule is CCC(CC)C1C=CC=CC1CC1CCCO1. The highest BCUT2D eigenvalue weighted by molar-refractivity contribution is 5.15. The van der Waals surface area contributed by atoms with Crippen LogP contribution in [0.15, 0.2) is 24.3 Å². The Bertz CT molecular complexity index is 269. The largest absolute Gasteiger partial charge is 0.378 e. The molecule has 3 atom stereocenters. The average molecular weight is 234 g/mol. The summed E-state index contributed by atoms with van der Waals surface area (Å²) in [6, 6.07) is 0. The van der Waals surface area contributed by atoms with Crippen LogP contribution in [0.5, 0.6) is 0 Å². The van der Waals surface area contributed by atoms with E-state index in [-0.39, 0.29) is 0 Å². The molecule has 0 N–H and O–H groups in total. The van der Waals surface area contributed by atoms with E-state index in [2.05, 4.69) is 38.2 Å². The van der Waals surface area contributed by atoms with Crippen molar-refractivity contribution >= 4 is 0 Å². The minimum atomic E-state index is 0.521. The summed E-state index contributed by atoms with van der Waals surface area (Å²) < 4.78 is 5.79. The lowest BCUT2D eigenvalue weighted by molar-refractivity contribution is 0.0848. The molecule has 0 aromatic carbocycles. The van der Waals surface area contributed by atoms with Crippen molar-refractivity contribution in [2.45, 2.75) is 52.1 Å². The second-order valence-corrected chi connectivity index (χ2v) is 5.46. The quantitative estimate of drug-likeness (QED) is 0.687. The molecular formula is C16H26O. The third kappa shape index (κ3) is 3.22. The molecule has 1 nitrogen and oxygen atoms in total. The molecule has 1 heterocycles. The van der Waals surface area contributed by atoms with Crippen LogP contribution in [0.25, 0.3) is 0 Å². The van der Waals surface area contributed by atoms with Crippen LogP contribution in [-0.4, -0.2) is 12.7 Å². The fourth-order valence-corrected chi connectivity index (χ4v) is 3.38. The number of ether oxygens (including phenoxy) is 1. The standard InChI is InChI=1S/C16H26O/c1-3-13(4-2)16-10-6-5-8-14(16)12-15-9-7-11-17-15/h5-6,8,10,13-16H,3-4,7,9,11-12H2,1-2H3. The highest BCUT2D eigenvalue weighted by Gasteiger charge is 2.28. The summed E-state index contributed by atoms with van der Waals surface area (Å²) in [7, 11) is 0. The van der Waals surface area contributed by atoms with Crippen LogP contribution in [0.2, 0.25) is 0 Å². The van der Waals surface area contributed by atoms with Gasteiger partial charge in [-0.15, -0.1) is 0 Å². The van der Waals surface area contributed by atoms with Gasteiger partial charge in [0, 0.05) is 6.61 Å². The molecule has 0 bridgehead atoms. The summed E-state index contributed by atoms with van der Waals surface area (Å²) in [5.41, 5.74) is 0. The van der Waals surface area contributed by atoms with Gasteiger partial charge in [-0.1, -0.05) is 51.0 Å². The Morgan fingerprint density at radius 2 is 1.94 bits per heavy atom. The van der Waals surface area contributed by atoms with Gasteiger partial charge in [0.1, 0.15) is 0 Å². The smallest absolute Gasteiger partial charge is 0.0581 e. The molecule has 2 aliphatic rings. The molecule has 0 aromatic rings. The van der Waals surface area contributed by atoms with Crippen LogP contribution in [0, 0.1) is 17.8 Å². The molecule has 1 aliphatic heterocycles. The number of hydrogen-bond donors (Lipinski definition) is 0. The Hall–Kier alpha value is -0.560. The summed E-state index contributed by atoms with van der Waals surface area (Å²) in [5, 5.41) is 0. The molecule has 1 heteroatoms. The van der Waals surface area contributed by atoms with E-state index >= 15 is 0 Å². The second-order valence-electron chi connectivity index (χ2n) is 5.46. The zero-order valence-electron chi connectivity index (χ0n) is 11.3. The van der Waals surface area contributed by atoms with Gasteiger partial charge in [0.2, 0.25) is 0 Å². The Balaban J connectivity index is 1.97. The summed E-state index contributed by atoms with van der Waals surface area (Å²) in [4.78, 5) is 0. The lowest BCUT2D eigenvalue weighted by atomic mass is 9.74. The first-order valence-electron chi connectivity index (χ1n) is 7.31. The molecule has 0 aromatic heterocycles. The normalized spacial score (nSPS) is 32.5. The molecular weight excluding hydrogens is 208 g/mol. The van der Waals surface area contributed by atoms with Crippen LogP contribution >= 0.6 is 0 Å². The first kappa shape index (κ1) is 12.9. The fraction of sp³-hybridized carbons (Fsp3) is 0.750. The summed E-state index contributed by atoms with van der Waals surface area (Å²) in [5.74, 6) is 2.27. The average Bonchev–Trinajstić information content (AvgIpc) is 2.86. The van der Waals surface area contributed by atoms with E-state index in [0.717, 1.165) is 18.4 Å². The highest BCUT2D eigenvalue weighted by atomic mass is 16.5. The lowest BCUT2D eigenvalue weighted by Gasteiger charge is -2.32. The number of allylic oxidation sites excluding steroid dienone is 4. The van der Waals surface area contributed by atoms with Crippen molar-refractivity contribution in [3.8, 4) is 0 Å². The summed E-state index contributed by atoms with van der Waals surface area (Å²) in [6.45, 7) is 5.62. The van der Waals surface area contributed by atoms with E-state index in [4.69, 9.17) is 4.74 Å². The van der Waals surface area contributed by atoms with Crippen LogP contribution < -0.4 is 0 Å². The maximum absolute atomic E-state index is 5.79. The van der Waals surface area contributed by atoms with Crippen LogP contribution in [0.1, 0.15) is 46.0 Å². The monoisotopic (exact) mass is 234 g/mol. The molecule has 1 fully saturated rings. The molecule has 1 aliphatic carbocycles. The Morgan fingerprint density at radius 1 is 1.18 bits per heavy atom. The van der Waals surface area contributed by atoms with E-state index in [1.54, 1.807) is 0 Å². The third-order valence-corrected chi connectivity index (χ3v) is 4.45. The zero-order valence-corrected chi connectivity index (χ0v) is 11.3. The van der Waals surface area contributed by atoms with Crippen molar-refractivity contribution in [1.82, 2.24) is 0 Å². The van der Waals surface area contributed by atoms with Crippen LogP contribution in [-0.2, 0) is 4.74 Å². The van der Waals surface area contributed by atoms with Gasteiger partial charge in [0.25, 0.3) is 0 Å². The maximum atomic E-state index is 5.79. The van der Waals surface area contributed by atoms with Gasteiger partial charge in [-0.2, -0.15) is 0 Å². The first-order valence-corrected chi connectivity index (χ1v) is 7.31. The Kier molecular flexibility index (Phi) is 4.85. The minimum absolute atomic E-state index is 0.521. The van der Waals surface area contributed by atoms with Crippen molar-refractivity contribution in [3.63, 3.8) is 0 Å². The molecule has 96 valence electrons. The predicted molar refractivity (Wildman–Crippen MR) is 72.9 cm³/mol. The van der Waals surface area contributed by atoms with E-state index in [1.807, 2.05) is 0 Å². The van der Waals surface area contributed by atoms with Gasteiger partial charge in [0.05, 0.1) is 6.10 Å². The molecule has 0 spiro atoms. The van der Waals surface area contributed by atoms with Crippen LogP contribution in [0.4, 0.5) is 0 Å². The van der Waals surface area contributed by atoms with Gasteiger partial charge >= 0.3 is 0 Å². The maximum Gasteiger partial charge on any atom is 0.0581 e. The highest BCUT2D eigenvalue weighted by Crippen LogP contribution is 2.35. The van der Waals surface area contributed by atoms with Crippen molar-refractivity contribution in [1.29, 1.82) is 0 Å². The van der Waals surface area contributed by atoms with Crippen molar-refractivity contribution < 1.29 is 4.74 Å². The van der Waals surface area contributed by atoms with E-state index in [0.29, 0.717) is 12.0 Å². The molecule has 0 amide bonds. The topological polar surface area (TPSA) is 9.23 Å². The second kappa shape index (κ2) is 6.39. The Morgan fingerprint density at radius 3 is 2.59 bits per heavy atom. The molecule has 2 rings (SSSR count). The van der Waals surface area contributed by atoms with E-state index in [1.165, 1.54) is 32.1 Å². The van der Waals surface area contributed by atoms with Crippen LogP contribution in [0.3, 0.4) is 0 Å². The molecule has 1 saturated heterocycles. The molecule has 0 radical (unpaired) electrons. The third-order valence-electron chi connectivity index (χ3n) is 4.45. The fourth-order valence-electron chi connectivity index (χ4n) is 3.38. The van der Waals surface area contributed by atoms with Gasteiger partial charge in [-0.3, -0.25) is 0 Å². The first-order chi connectivity index (χ1) is 8.35. The predicted octanol–water partition coefficient (Wildman–Crippen LogP) is 4.35. The van der Waals surface area contributed by atoms with Crippen molar-refractivity contribution in [2.24, 2.45) is 17.8 Å². The summed E-state index contributed by atoms with van der Waals surface area (Å²) >= 11 is 0.